The van der Waals surface area contributed by atoms with E-state index in [2.05, 4.69) is 4.98 Å². The largest absolute Gasteiger partial charge is 0.472 e. The van der Waals surface area contributed by atoms with Gasteiger partial charge in [0, 0.05) is 31.3 Å². The van der Waals surface area contributed by atoms with E-state index in [1.54, 1.807) is 43.1 Å². The molecule has 3 aromatic rings. The zero-order chi connectivity index (χ0) is 26.7. The predicted molar refractivity (Wildman–Crippen MR) is 134 cm³/mol. The van der Waals surface area contributed by atoms with Crippen molar-refractivity contribution in [3.8, 4) is 17.0 Å². The highest BCUT2D eigenvalue weighted by atomic mass is 19.1. The van der Waals surface area contributed by atoms with Gasteiger partial charge in [-0.15, -0.1) is 0 Å². The van der Waals surface area contributed by atoms with Crippen LogP contribution in [-0.2, 0) is 0 Å². The van der Waals surface area contributed by atoms with Crippen LogP contribution in [0.4, 0.5) is 8.78 Å². The van der Waals surface area contributed by atoms with Gasteiger partial charge in [0.25, 0.3) is 11.8 Å². The molecule has 194 valence electrons. The number of nitrogens with zero attached hydrogens (tertiary/aromatic N) is 3. The average Bonchev–Trinajstić information content (AvgIpc) is 2.90. The van der Waals surface area contributed by atoms with E-state index < -0.39 is 23.9 Å². The summed E-state index contributed by atoms with van der Waals surface area (Å²) in [5, 5.41) is 9.83. The summed E-state index contributed by atoms with van der Waals surface area (Å²) in [4.78, 5) is 33.9. The first-order valence-electron chi connectivity index (χ1n) is 12.0. The molecule has 37 heavy (non-hydrogen) atoms. The molecule has 0 radical (unpaired) electrons. The maximum atomic E-state index is 14.2. The van der Waals surface area contributed by atoms with Gasteiger partial charge in [0.1, 0.15) is 23.3 Å². The summed E-state index contributed by atoms with van der Waals surface area (Å²) in [5.41, 5.74) is 1.43. The van der Waals surface area contributed by atoms with Crippen LogP contribution in [0.15, 0.2) is 60.8 Å². The first-order chi connectivity index (χ1) is 17.7. The lowest BCUT2D eigenvalue weighted by molar-refractivity contribution is 0.0312. The zero-order valence-corrected chi connectivity index (χ0v) is 20.9. The molecule has 1 aliphatic heterocycles. The lowest BCUT2D eigenvalue weighted by Crippen LogP contribution is -2.50. The quantitative estimate of drug-likeness (QED) is 0.543. The molecule has 0 unspecified atom stereocenters. The average molecular weight is 510 g/mol. The monoisotopic (exact) mass is 509 g/mol. The number of hydrogen-bond donors (Lipinski definition) is 1. The van der Waals surface area contributed by atoms with Gasteiger partial charge in [-0.3, -0.25) is 9.59 Å². The van der Waals surface area contributed by atoms with E-state index in [4.69, 9.17) is 4.74 Å². The number of hydrogen-bond acceptors (Lipinski definition) is 5. The number of aliphatic hydroxyl groups excluding tert-OH is 1. The Hall–Kier alpha value is -3.85. The molecule has 2 aromatic carbocycles. The van der Waals surface area contributed by atoms with E-state index >= 15 is 0 Å². The number of benzene rings is 2. The van der Waals surface area contributed by atoms with E-state index in [-0.39, 0.29) is 54.3 Å². The van der Waals surface area contributed by atoms with E-state index in [0.717, 1.165) is 0 Å². The molecule has 3 atom stereocenters. The Labute approximate surface area is 214 Å². The van der Waals surface area contributed by atoms with Crippen molar-refractivity contribution in [3.63, 3.8) is 0 Å². The normalized spacial score (nSPS) is 18.3. The molecule has 0 spiro atoms. The fraction of sp³-hybridized carbons (Fsp3) is 0.321. The number of likely N-dealkylation sites (N-methyl/N-ethyl adjacent to an activating group) is 1. The third-order valence-corrected chi connectivity index (χ3v) is 6.60. The summed E-state index contributed by atoms with van der Waals surface area (Å²) in [6.45, 7) is 3.76. The van der Waals surface area contributed by atoms with Crippen molar-refractivity contribution in [3.05, 3.63) is 83.6 Å². The second-order valence-electron chi connectivity index (χ2n) is 9.37. The van der Waals surface area contributed by atoms with Crippen LogP contribution in [-0.4, -0.2) is 70.6 Å². The third-order valence-electron chi connectivity index (χ3n) is 6.60. The number of aromatic nitrogens is 1. The Kier molecular flexibility index (Phi) is 7.83. The molecule has 1 aromatic heterocycles. The van der Waals surface area contributed by atoms with Crippen molar-refractivity contribution < 1.29 is 28.2 Å². The molecule has 0 aliphatic carbocycles. The number of halogens is 2. The Bertz CT molecular complexity index is 1280. The summed E-state index contributed by atoms with van der Waals surface area (Å²) in [7, 11) is 1.56. The summed E-state index contributed by atoms with van der Waals surface area (Å²) in [5.74, 6) is -1.99. The Morgan fingerprint density at radius 2 is 1.89 bits per heavy atom. The predicted octanol–water partition coefficient (Wildman–Crippen LogP) is 4.02. The lowest BCUT2D eigenvalue weighted by Gasteiger charge is -2.37. The van der Waals surface area contributed by atoms with Gasteiger partial charge in [-0.25, -0.2) is 13.8 Å². The summed E-state index contributed by atoms with van der Waals surface area (Å²) < 4.78 is 33.8. The van der Waals surface area contributed by atoms with E-state index in [1.165, 1.54) is 41.4 Å². The number of carbonyl (C=O) groups excluding carboxylic acids is 2. The van der Waals surface area contributed by atoms with Crippen LogP contribution in [0.25, 0.3) is 11.1 Å². The number of carbonyl (C=O) groups is 2. The topological polar surface area (TPSA) is 83.0 Å². The van der Waals surface area contributed by atoms with Gasteiger partial charge >= 0.3 is 0 Å². The summed E-state index contributed by atoms with van der Waals surface area (Å²) >= 11 is 0. The fourth-order valence-electron chi connectivity index (χ4n) is 4.31. The zero-order valence-electron chi connectivity index (χ0n) is 20.9. The Balaban J connectivity index is 1.68. The molecular formula is C28H29F2N3O4. The van der Waals surface area contributed by atoms with E-state index in [1.807, 2.05) is 6.92 Å². The lowest BCUT2D eigenvalue weighted by atomic mass is 9.99. The Morgan fingerprint density at radius 1 is 1.19 bits per heavy atom. The minimum absolute atomic E-state index is 0.0448. The SMILES string of the molecule is C[C@H](CO)N1C[C@H](C)[C@H](CN(C)C(=O)c2ccccc2F)Oc2ncc(-c3ccc(F)cc3)cc2C1=O. The van der Waals surface area contributed by atoms with Crippen LogP contribution < -0.4 is 4.74 Å². The molecule has 2 heterocycles. The van der Waals surface area contributed by atoms with E-state index in [0.29, 0.717) is 11.1 Å². The van der Waals surface area contributed by atoms with Crippen LogP contribution in [0.3, 0.4) is 0 Å². The Morgan fingerprint density at radius 3 is 2.57 bits per heavy atom. The fourth-order valence-corrected chi connectivity index (χ4v) is 4.31. The van der Waals surface area contributed by atoms with Crippen molar-refractivity contribution in [2.24, 2.45) is 5.92 Å². The van der Waals surface area contributed by atoms with Gasteiger partial charge in [0.2, 0.25) is 5.88 Å². The molecule has 0 fully saturated rings. The first-order valence-corrected chi connectivity index (χ1v) is 12.0. The number of amides is 2. The van der Waals surface area contributed by atoms with Crippen molar-refractivity contribution in [1.29, 1.82) is 0 Å². The van der Waals surface area contributed by atoms with Crippen LogP contribution in [0.5, 0.6) is 5.88 Å². The molecule has 9 heteroatoms. The summed E-state index contributed by atoms with van der Waals surface area (Å²) in [6.07, 6.45) is 0.960. The van der Waals surface area contributed by atoms with Crippen molar-refractivity contribution >= 4 is 11.8 Å². The third kappa shape index (κ3) is 5.61. The van der Waals surface area contributed by atoms with Crippen molar-refractivity contribution in [2.45, 2.75) is 26.0 Å². The standard InChI is InChI=1S/C28H29F2N3O4/c1-17-14-33(18(2)16-34)28(36)23-12-20(19-8-10-21(29)11-9-19)13-31-26(23)37-25(17)15-32(3)27(35)22-6-4-5-7-24(22)30/h4-13,17-18,25,34H,14-16H2,1-3H3/t17-,18+,25-/m0/s1. The molecule has 7 nitrogen and oxygen atoms in total. The van der Waals surface area contributed by atoms with Gasteiger partial charge in [0.05, 0.1) is 24.8 Å². The molecular weight excluding hydrogens is 480 g/mol. The highest BCUT2D eigenvalue weighted by Crippen LogP contribution is 2.30. The van der Waals surface area contributed by atoms with Gasteiger partial charge in [-0.2, -0.15) is 0 Å². The van der Waals surface area contributed by atoms with Gasteiger partial charge in [-0.1, -0.05) is 31.2 Å². The smallest absolute Gasteiger partial charge is 0.259 e. The van der Waals surface area contributed by atoms with Crippen molar-refractivity contribution in [1.82, 2.24) is 14.8 Å². The van der Waals surface area contributed by atoms with E-state index in [9.17, 15) is 23.5 Å². The molecule has 2 amide bonds. The summed E-state index contributed by atoms with van der Waals surface area (Å²) in [6, 6.07) is 12.8. The highest BCUT2D eigenvalue weighted by molar-refractivity contribution is 5.98. The number of rotatable bonds is 6. The maximum absolute atomic E-state index is 14.2. The second kappa shape index (κ2) is 11.0. The maximum Gasteiger partial charge on any atom is 0.259 e. The van der Waals surface area contributed by atoms with Crippen LogP contribution in [0.1, 0.15) is 34.6 Å². The van der Waals surface area contributed by atoms with Gasteiger partial charge in [0.15, 0.2) is 0 Å². The van der Waals surface area contributed by atoms with Crippen molar-refractivity contribution in [2.75, 3.05) is 26.7 Å². The minimum atomic E-state index is -0.611. The number of pyridine rings is 1. The molecule has 0 saturated carbocycles. The van der Waals surface area contributed by atoms with Crippen LogP contribution >= 0.6 is 0 Å². The van der Waals surface area contributed by atoms with Gasteiger partial charge < -0.3 is 19.6 Å². The number of fused-ring (bicyclic) bond motifs is 1. The molecule has 0 saturated heterocycles. The number of aliphatic hydroxyl groups is 1. The first kappa shape index (κ1) is 26.2. The highest BCUT2D eigenvalue weighted by Gasteiger charge is 2.35. The molecule has 1 N–H and O–H groups in total. The minimum Gasteiger partial charge on any atom is -0.472 e. The molecule has 1 aliphatic rings. The number of ether oxygens (including phenoxy) is 1. The van der Waals surface area contributed by atoms with Crippen LogP contribution in [0.2, 0.25) is 0 Å². The molecule has 0 bridgehead atoms. The molecule has 4 rings (SSSR count). The second-order valence-corrected chi connectivity index (χ2v) is 9.37. The van der Waals surface area contributed by atoms with Gasteiger partial charge in [-0.05, 0) is 42.8 Å². The van der Waals surface area contributed by atoms with Crippen LogP contribution in [0, 0.1) is 17.6 Å².